The molecule has 0 aliphatic carbocycles. The first-order valence-corrected chi connectivity index (χ1v) is 33.8. The van der Waals surface area contributed by atoms with Crippen LogP contribution in [-0.4, -0.2) is 108 Å². The molecule has 0 N–H and O–H groups in total. The summed E-state index contributed by atoms with van der Waals surface area (Å²) >= 11 is 5.96. The molecule has 4 saturated heterocycles. The van der Waals surface area contributed by atoms with Gasteiger partial charge in [-0.1, -0.05) is 184 Å². The molecule has 4 aliphatic rings. The van der Waals surface area contributed by atoms with Crippen LogP contribution in [-0.2, 0) is 72.9 Å². The molecule has 0 saturated carbocycles. The second-order valence-electron chi connectivity index (χ2n) is 25.6. The van der Waals surface area contributed by atoms with E-state index in [1.54, 1.807) is 0 Å². The van der Waals surface area contributed by atoms with Gasteiger partial charge in [-0.3, -0.25) is 20.0 Å². The van der Waals surface area contributed by atoms with Gasteiger partial charge in [-0.05, 0) is 180 Å². The minimum absolute atomic E-state index is 0. The zero-order chi connectivity index (χ0) is 62.5. The quantitative estimate of drug-likeness (QED) is 0.0482. The molecule has 4 heterocycles. The van der Waals surface area contributed by atoms with E-state index in [4.69, 9.17) is 38.9 Å². The van der Waals surface area contributed by atoms with Crippen molar-refractivity contribution in [3.05, 3.63) is 117 Å². The number of thiol groups is 4. The van der Waals surface area contributed by atoms with E-state index in [0.717, 1.165) is 98.5 Å². The van der Waals surface area contributed by atoms with Crippen LogP contribution in [0.2, 0.25) is 9.56 Å². The van der Waals surface area contributed by atoms with Gasteiger partial charge in [-0.15, -0.1) is 0 Å². The van der Waals surface area contributed by atoms with Gasteiger partial charge in [-0.2, -0.15) is 0 Å². The van der Waals surface area contributed by atoms with Crippen molar-refractivity contribution in [3.8, 4) is 0 Å². The molecule has 0 unspecified atom stereocenters. The summed E-state index contributed by atoms with van der Waals surface area (Å²) in [5.41, 5.74) is 19.4. The molecule has 4 radical (unpaired) electrons. The van der Waals surface area contributed by atoms with Gasteiger partial charge < -0.3 is 72.9 Å². The molecule has 0 amide bonds. The SMILES string of the molecule is C1CCOC1.C1CCOC1.C1CCOC1.C1CCOC1.CC(=Nc1c(C(C)C)cccc1C(C)C)[CH]([Al])C(C)=Nc1c(C(C)C)cccc1C(C)C.CC(=Nc1c(C(C)C)cccc1C(C)C)[CH]([Al])C(C)=Nc1c(C(C)C)cccc1C(C)C.[Li+].[Li+].[Li+].[Li+].[SH-].[SH-].[SH-].[SH-]. The maximum absolute atomic E-state index is 5.19. The average molecular weight is 1340 g/mol. The topological polar surface area (TPSA) is 86.4 Å². The van der Waals surface area contributed by atoms with Crippen molar-refractivity contribution in [1.29, 1.82) is 0 Å². The molecular weight excluding hydrogens is 1220 g/mol. The molecule has 4 aromatic rings. The van der Waals surface area contributed by atoms with Gasteiger partial charge in [0.25, 0.3) is 0 Å². The Balaban J connectivity index is -0.000000286. The maximum atomic E-state index is 5.19. The number of ether oxygens (including phenoxy) is 4. The van der Waals surface area contributed by atoms with Crippen molar-refractivity contribution in [3.63, 3.8) is 0 Å². The van der Waals surface area contributed by atoms with E-state index in [-0.39, 0.29) is 139 Å². The van der Waals surface area contributed by atoms with Crippen LogP contribution < -0.4 is 75.4 Å². The first-order valence-electron chi connectivity index (χ1n) is 32.4. The predicted octanol–water partition coefficient (Wildman–Crippen LogP) is 8.17. The van der Waals surface area contributed by atoms with Gasteiger partial charge in [0.1, 0.15) is 32.6 Å². The van der Waals surface area contributed by atoms with Crippen LogP contribution in [0.15, 0.2) is 92.8 Å². The van der Waals surface area contributed by atoms with E-state index in [1.807, 2.05) is 0 Å². The van der Waals surface area contributed by atoms with E-state index in [9.17, 15) is 0 Å². The molecule has 8 rings (SSSR count). The van der Waals surface area contributed by atoms with Crippen LogP contribution in [0.5, 0.6) is 0 Å². The van der Waals surface area contributed by atoms with Gasteiger partial charge in [0.2, 0.25) is 0 Å². The summed E-state index contributed by atoms with van der Waals surface area (Å²) in [5, 5.41) is 0. The Morgan fingerprint density at radius 1 is 0.272 bits per heavy atom. The first-order chi connectivity index (χ1) is 39.9. The van der Waals surface area contributed by atoms with Crippen molar-refractivity contribution >= 4 is 132 Å². The molecule has 8 nitrogen and oxygen atoms in total. The van der Waals surface area contributed by atoms with Crippen LogP contribution in [0.4, 0.5) is 22.7 Å². The smallest absolute Gasteiger partial charge is 0.813 e. The Morgan fingerprint density at radius 3 is 0.478 bits per heavy atom. The Bertz CT molecular complexity index is 2200. The fourth-order valence-electron chi connectivity index (χ4n) is 10.2. The fraction of sp³-hybridized carbons (Fsp3) is 0.622. The van der Waals surface area contributed by atoms with Gasteiger partial charge >= 0.3 is 75.4 Å². The molecule has 18 heteroatoms. The Kier molecular flexibility index (Phi) is 63.9. The second-order valence-corrected chi connectivity index (χ2v) is 27.0. The van der Waals surface area contributed by atoms with Crippen molar-refractivity contribution in [1.82, 2.24) is 0 Å². The molecule has 4 fully saturated rings. The van der Waals surface area contributed by atoms with E-state index in [1.165, 1.54) is 95.9 Å². The second kappa shape index (κ2) is 56.9. The number of nitrogens with zero attached hydrogens (tertiary/aromatic N) is 4. The van der Waals surface area contributed by atoms with E-state index in [0.29, 0.717) is 47.3 Å². The average Bonchev–Trinajstić information content (AvgIpc) is 1.27. The van der Waals surface area contributed by atoms with E-state index in [2.05, 4.69) is 244 Å². The number of aliphatic imine (C=N–C) groups is 4. The molecule has 492 valence electrons. The van der Waals surface area contributed by atoms with Crippen LogP contribution in [0.3, 0.4) is 0 Å². The standard InChI is InChI=1S/2C29H41N2.4C4H8O.2Al.4Li.4H2S/c2*1-18(2)24-13-11-14-25(19(3)4)28(24)30-22(9)17-23(10)31-29-26(20(5)6)15-12-16-27(29)21(7)8;4*1-2-4-5-3-1;;;;;;;;;;/h2*11-21H,1-10H3;4*1-4H2;;;;;;;4*1H2/q;;;;;;;;4*+1;;;;/p-4. The number of benzene rings is 4. The number of hydrogen-bond donors (Lipinski definition) is 0. The van der Waals surface area contributed by atoms with Crippen molar-refractivity contribution < 1.29 is 94.4 Å². The molecule has 0 spiro atoms. The molecule has 0 bridgehead atoms. The molecule has 4 aromatic carbocycles. The third kappa shape index (κ3) is 36.6. The largest absolute Gasteiger partial charge is 1.00 e. The Labute approximate surface area is 656 Å². The van der Waals surface area contributed by atoms with Gasteiger partial charge in [0.05, 0.1) is 22.7 Å². The summed E-state index contributed by atoms with van der Waals surface area (Å²) in [6.45, 7) is 52.5. The summed E-state index contributed by atoms with van der Waals surface area (Å²) in [6.07, 6.45) is 10.2. The zero-order valence-electron chi connectivity index (χ0n) is 62.4. The summed E-state index contributed by atoms with van der Waals surface area (Å²) in [6, 6.07) is 26.4. The zero-order valence-corrected chi connectivity index (χ0v) is 68.3. The number of hydrogen-bond acceptors (Lipinski definition) is 12. The summed E-state index contributed by atoms with van der Waals surface area (Å²) < 4.78 is 20.0. The van der Waals surface area contributed by atoms with Crippen LogP contribution >= 0.6 is 0 Å². The minimum Gasteiger partial charge on any atom is -0.813 e. The molecule has 4 aliphatic heterocycles. The minimum atomic E-state index is 0. The summed E-state index contributed by atoms with van der Waals surface area (Å²) in [5.74, 6) is 3.48. The van der Waals surface area contributed by atoms with Crippen LogP contribution in [0.25, 0.3) is 0 Å². The summed E-state index contributed by atoms with van der Waals surface area (Å²) in [7, 11) is 0. The van der Waals surface area contributed by atoms with Crippen LogP contribution in [0, 0.1) is 0 Å². The van der Waals surface area contributed by atoms with Crippen molar-refractivity contribution in [2.45, 2.75) is 247 Å². The van der Waals surface area contributed by atoms with Crippen molar-refractivity contribution in [2.75, 3.05) is 52.9 Å². The van der Waals surface area contributed by atoms with Crippen molar-refractivity contribution in [2.24, 2.45) is 20.0 Å². The molecule has 0 atom stereocenters. The fourth-order valence-corrected chi connectivity index (χ4v) is 10.5. The Hall–Kier alpha value is 0.255. The molecular formula is C74H118Al2Li4N4O4S4. The van der Waals surface area contributed by atoms with E-state index >= 15 is 0 Å². The van der Waals surface area contributed by atoms with Gasteiger partial charge in [-0.25, -0.2) is 0 Å². The monoisotopic (exact) mass is 1340 g/mol. The van der Waals surface area contributed by atoms with Gasteiger partial charge in [0.15, 0.2) is 0 Å². The third-order valence-electron chi connectivity index (χ3n) is 15.6. The van der Waals surface area contributed by atoms with Crippen LogP contribution in [0.1, 0.15) is 282 Å². The Morgan fingerprint density at radius 2 is 0.391 bits per heavy atom. The molecule has 0 aromatic heterocycles. The number of rotatable bonds is 16. The third-order valence-corrected chi connectivity index (χ3v) is 17.6. The summed E-state index contributed by atoms with van der Waals surface area (Å²) in [4.78, 5) is 20.8. The van der Waals surface area contributed by atoms with E-state index < -0.39 is 0 Å². The molecule has 92 heavy (non-hydrogen) atoms. The maximum Gasteiger partial charge on any atom is 1.00 e. The predicted molar refractivity (Wildman–Crippen MR) is 404 cm³/mol. The first kappa shape index (κ1) is 103. The normalized spacial score (nSPS) is 15.1. The number of para-hydroxylation sites is 4. The van der Waals surface area contributed by atoms with Gasteiger partial charge in [0, 0.05) is 75.7 Å².